The van der Waals surface area contributed by atoms with Crippen LogP contribution in [0.25, 0.3) is 5.69 Å². The maximum Gasteiger partial charge on any atom is 0.0749 e. The number of rotatable bonds is 4. The molecule has 1 aromatic heterocycles. The number of hydrogen-bond acceptors (Lipinski definition) is 3. The van der Waals surface area contributed by atoms with Crippen molar-refractivity contribution in [3.05, 3.63) is 47.8 Å². The number of carbonyl (C=O) groups excluding carboxylic acids is 1. The molecule has 0 unspecified atom stereocenters. The van der Waals surface area contributed by atoms with E-state index in [1.165, 1.54) is 6.20 Å². The lowest BCUT2D eigenvalue weighted by molar-refractivity contribution is -0.255. The highest BCUT2D eigenvalue weighted by molar-refractivity contribution is 5.87. The van der Waals surface area contributed by atoms with Crippen LogP contribution in [0, 0.1) is 0 Å². The summed E-state index contributed by atoms with van der Waals surface area (Å²) in [6.07, 6.45) is 2.88. The smallest absolute Gasteiger partial charge is 0.0749 e. The normalized spacial score (nSPS) is 10.4. The first-order valence-electron chi connectivity index (χ1n) is 5.57. The van der Waals surface area contributed by atoms with Crippen LogP contribution >= 0.6 is 0 Å². The van der Waals surface area contributed by atoms with Crippen molar-refractivity contribution in [2.24, 2.45) is 0 Å². The van der Waals surface area contributed by atoms with E-state index in [2.05, 4.69) is 5.10 Å². The van der Waals surface area contributed by atoms with Gasteiger partial charge in [-0.05, 0) is 18.6 Å². The highest BCUT2D eigenvalue weighted by Gasteiger charge is 2.11. The zero-order valence-corrected chi connectivity index (χ0v) is 9.59. The van der Waals surface area contributed by atoms with Crippen molar-refractivity contribution in [2.45, 2.75) is 19.8 Å². The van der Waals surface area contributed by atoms with Gasteiger partial charge in [-0.1, -0.05) is 31.5 Å². The monoisotopic (exact) mass is 229 g/mol. The quantitative estimate of drug-likeness (QED) is 0.791. The Morgan fingerprint density at radius 2 is 2.06 bits per heavy atom. The average molecular weight is 229 g/mol. The molecule has 0 fully saturated rings. The molecule has 0 N–H and O–H groups in total. The SMILES string of the molecule is CCCc1c(C(=O)[O-])cnn1-c1ccccc1. The van der Waals surface area contributed by atoms with Crippen molar-refractivity contribution in [3.63, 3.8) is 0 Å². The second-order valence-corrected chi connectivity index (χ2v) is 3.79. The number of carboxylic acid groups (broad SMARTS) is 1. The standard InChI is InChI=1S/C13H14N2O2/c1-2-6-12-11(13(16)17)9-14-15(12)10-7-4-3-5-8-10/h3-5,7-9H,2,6H2,1H3,(H,16,17)/p-1. The van der Waals surface area contributed by atoms with E-state index in [9.17, 15) is 9.90 Å². The Bertz CT molecular complexity index is 517. The molecule has 0 aliphatic heterocycles. The van der Waals surface area contributed by atoms with Crippen molar-refractivity contribution < 1.29 is 9.90 Å². The Labute approximate surface area is 99.5 Å². The largest absolute Gasteiger partial charge is 0.545 e. The number of carbonyl (C=O) groups is 1. The summed E-state index contributed by atoms with van der Waals surface area (Å²) < 4.78 is 1.66. The van der Waals surface area contributed by atoms with E-state index in [0.29, 0.717) is 12.1 Å². The summed E-state index contributed by atoms with van der Waals surface area (Å²) in [5.74, 6) is -1.17. The zero-order chi connectivity index (χ0) is 12.3. The van der Waals surface area contributed by atoms with Gasteiger partial charge in [0, 0.05) is 5.56 Å². The maximum absolute atomic E-state index is 11.0. The first-order chi connectivity index (χ1) is 8.24. The molecule has 0 bridgehead atoms. The van der Waals surface area contributed by atoms with E-state index in [1.54, 1.807) is 4.68 Å². The van der Waals surface area contributed by atoms with Crippen LogP contribution in [0.4, 0.5) is 0 Å². The fraction of sp³-hybridized carbons (Fsp3) is 0.231. The minimum Gasteiger partial charge on any atom is -0.545 e. The van der Waals surface area contributed by atoms with Gasteiger partial charge in [-0.2, -0.15) is 5.10 Å². The van der Waals surface area contributed by atoms with Crippen LogP contribution in [0.5, 0.6) is 0 Å². The van der Waals surface area contributed by atoms with Crippen LogP contribution in [0.2, 0.25) is 0 Å². The molecule has 2 rings (SSSR count). The Kier molecular flexibility index (Phi) is 3.23. The third-order valence-corrected chi connectivity index (χ3v) is 2.58. The highest BCUT2D eigenvalue weighted by Crippen LogP contribution is 2.16. The van der Waals surface area contributed by atoms with Crippen LogP contribution in [0.3, 0.4) is 0 Å². The van der Waals surface area contributed by atoms with Gasteiger partial charge < -0.3 is 9.90 Å². The van der Waals surface area contributed by atoms with Crippen LogP contribution in [-0.4, -0.2) is 15.7 Å². The minimum atomic E-state index is -1.17. The average Bonchev–Trinajstić information content (AvgIpc) is 2.75. The van der Waals surface area contributed by atoms with Crippen LogP contribution in [0.1, 0.15) is 29.4 Å². The molecule has 0 radical (unpaired) electrons. The lowest BCUT2D eigenvalue weighted by Gasteiger charge is -2.09. The molecule has 0 spiro atoms. The van der Waals surface area contributed by atoms with Gasteiger partial charge >= 0.3 is 0 Å². The molecule has 0 amide bonds. The first-order valence-corrected chi connectivity index (χ1v) is 5.57. The van der Waals surface area contributed by atoms with Gasteiger partial charge in [-0.15, -0.1) is 0 Å². The molecule has 2 aromatic rings. The van der Waals surface area contributed by atoms with Crippen LogP contribution < -0.4 is 5.11 Å². The number of aromatic nitrogens is 2. The van der Waals surface area contributed by atoms with Crippen LogP contribution in [0.15, 0.2) is 36.5 Å². The Morgan fingerprint density at radius 3 is 2.65 bits per heavy atom. The third kappa shape index (κ3) is 2.20. The summed E-state index contributed by atoms with van der Waals surface area (Å²) in [4.78, 5) is 11.0. The molecule has 4 nitrogen and oxygen atoms in total. The summed E-state index contributed by atoms with van der Waals surface area (Å²) in [5, 5.41) is 15.1. The van der Waals surface area contributed by atoms with Gasteiger partial charge in [0.15, 0.2) is 0 Å². The fourth-order valence-corrected chi connectivity index (χ4v) is 1.81. The van der Waals surface area contributed by atoms with E-state index in [4.69, 9.17) is 0 Å². The molecule has 17 heavy (non-hydrogen) atoms. The van der Waals surface area contributed by atoms with E-state index in [0.717, 1.165) is 12.1 Å². The van der Waals surface area contributed by atoms with E-state index >= 15 is 0 Å². The second-order valence-electron chi connectivity index (χ2n) is 3.79. The molecule has 1 aromatic carbocycles. The minimum absolute atomic E-state index is 0.177. The number of hydrogen-bond donors (Lipinski definition) is 0. The first kappa shape index (κ1) is 11.4. The Hall–Kier alpha value is -2.10. The number of para-hydroxylation sites is 1. The predicted octanol–water partition coefficient (Wildman–Crippen LogP) is 1.19. The van der Waals surface area contributed by atoms with Gasteiger partial charge in [0.1, 0.15) is 0 Å². The number of benzene rings is 1. The van der Waals surface area contributed by atoms with Gasteiger partial charge in [-0.3, -0.25) is 0 Å². The summed E-state index contributed by atoms with van der Waals surface area (Å²) in [6, 6.07) is 9.49. The zero-order valence-electron chi connectivity index (χ0n) is 9.59. The molecule has 0 atom stereocenters. The van der Waals surface area contributed by atoms with Gasteiger partial charge in [-0.25, -0.2) is 4.68 Å². The van der Waals surface area contributed by atoms with Crippen molar-refractivity contribution in [3.8, 4) is 5.69 Å². The highest BCUT2D eigenvalue weighted by atomic mass is 16.4. The molecule has 0 saturated carbocycles. The Morgan fingerprint density at radius 1 is 1.35 bits per heavy atom. The van der Waals surface area contributed by atoms with E-state index in [1.807, 2.05) is 37.3 Å². The van der Waals surface area contributed by atoms with E-state index in [-0.39, 0.29) is 5.56 Å². The van der Waals surface area contributed by atoms with Crippen molar-refractivity contribution in [2.75, 3.05) is 0 Å². The molecule has 0 aliphatic carbocycles. The van der Waals surface area contributed by atoms with Crippen molar-refractivity contribution in [1.29, 1.82) is 0 Å². The lowest BCUT2D eigenvalue weighted by Crippen LogP contribution is -2.23. The van der Waals surface area contributed by atoms with Crippen molar-refractivity contribution >= 4 is 5.97 Å². The molecule has 0 saturated heterocycles. The molecular weight excluding hydrogens is 216 g/mol. The summed E-state index contributed by atoms with van der Waals surface area (Å²) in [5.41, 5.74) is 1.73. The Balaban J connectivity index is 2.51. The molecule has 4 heteroatoms. The third-order valence-electron chi connectivity index (χ3n) is 2.58. The predicted molar refractivity (Wildman–Crippen MR) is 61.9 cm³/mol. The summed E-state index contributed by atoms with van der Waals surface area (Å²) in [6.45, 7) is 2.00. The summed E-state index contributed by atoms with van der Waals surface area (Å²) in [7, 11) is 0. The molecular formula is C13H13N2O2-. The molecule has 88 valence electrons. The molecule has 0 aliphatic rings. The van der Waals surface area contributed by atoms with Crippen molar-refractivity contribution in [1.82, 2.24) is 9.78 Å². The van der Waals surface area contributed by atoms with Gasteiger partial charge in [0.05, 0.1) is 23.5 Å². The number of aromatic carboxylic acids is 1. The molecule has 1 heterocycles. The van der Waals surface area contributed by atoms with Crippen LogP contribution in [-0.2, 0) is 6.42 Å². The van der Waals surface area contributed by atoms with Gasteiger partial charge in [0.25, 0.3) is 0 Å². The lowest BCUT2D eigenvalue weighted by atomic mass is 10.1. The number of nitrogens with zero attached hydrogens (tertiary/aromatic N) is 2. The number of carboxylic acids is 1. The van der Waals surface area contributed by atoms with Gasteiger partial charge in [0.2, 0.25) is 0 Å². The fourth-order valence-electron chi connectivity index (χ4n) is 1.81. The summed E-state index contributed by atoms with van der Waals surface area (Å²) >= 11 is 0. The second kappa shape index (κ2) is 4.82. The maximum atomic E-state index is 11.0. The van der Waals surface area contributed by atoms with E-state index < -0.39 is 5.97 Å². The topological polar surface area (TPSA) is 57.9 Å².